The highest BCUT2D eigenvalue weighted by molar-refractivity contribution is 5.79. The molecule has 2 aromatic heterocycles. The third-order valence-corrected chi connectivity index (χ3v) is 17.2. The number of benzene rings is 4. The maximum absolute atomic E-state index is 14.0. The highest BCUT2D eigenvalue weighted by Crippen LogP contribution is 2.50. The van der Waals surface area contributed by atoms with Crippen LogP contribution in [0.4, 0.5) is 38.8 Å². The van der Waals surface area contributed by atoms with Crippen molar-refractivity contribution >= 4 is 35.8 Å². The van der Waals surface area contributed by atoms with Gasteiger partial charge in [0.25, 0.3) is 0 Å². The predicted octanol–water partition coefficient (Wildman–Crippen LogP) is 12.2. The first kappa shape index (κ1) is 56.4. The van der Waals surface area contributed by atoms with Crippen molar-refractivity contribution in [3.8, 4) is 33.8 Å². The Hall–Kier alpha value is -8.42. The number of aromatic nitrogens is 2. The van der Waals surface area contributed by atoms with Gasteiger partial charge in [0.15, 0.2) is 0 Å². The number of hydrogen-bond donors (Lipinski definition) is 2. The monoisotopic (exact) mass is 1140 g/mol. The number of hydrogen-bond acceptors (Lipinski definition) is 12. The van der Waals surface area contributed by atoms with E-state index in [1.807, 2.05) is 54.6 Å². The second-order valence-electron chi connectivity index (χ2n) is 22.4. The molecule has 4 saturated heterocycles. The van der Waals surface area contributed by atoms with Crippen molar-refractivity contribution in [2.45, 2.75) is 108 Å². The average Bonchev–Trinajstić information content (AvgIpc) is 3.94. The van der Waals surface area contributed by atoms with Crippen molar-refractivity contribution in [2.24, 2.45) is 11.8 Å². The Morgan fingerprint density at radius 3 is 1.37 bits per heavy atom. The van der Waals surface area contributed by atoms with Crippen LogP contribution in [0.15, 0.2) is 97.1 Å². The third-order valence-electron chi connectivity index (χ3n) is 17.2. The van der Waals surface area contributed by atoms with Crippen LogP contribution in [-0.2, 0) is 32.2 Å². The van der Waals surface area contributed by atoms with Gasteiger partial charge in [0.2, 0.25) is 0 Å². The van der Waals surface area contributed by atoms with Gasteiger partial charge in [-0.25, -0.2) is 37.1 Å². The van der Waals surface area contributed by atoms with Gasteiger partial charge in [-0.2, -0.15) is 0 Å². The van der Waals surface area contributed by atoms with Crippen molar-refractivity contribution in [3.05, 3.63) is 154 Å². The largest absolute Gasteiger partial charge is 0.496 e. The normalized spacial score (nSPS) is 23.6. The van der Waals surface area contributed by atoms with E-state index in [1.54, 1.807) is 33.0 Å². The van der Waals surface area contributed by atoms with E-state index in [9.17, 15) is 47.0 Å². The summed E-state index contributed by atoms with van der Waals surface area (Å²) in [6.45, 7) is 7.38. The average molecular weight is 1140 g/mol. The van der Waals surface area contributed by atoms with Gasteiger partial charge >= 0.3 is 24.1 Å². The molecule has 0 unspecified atom stereocenters. The number of ether oxygens (including phenoxy) is 4. The molecular weight excluding hydrogens is 1080 g/mol. The van der Waals surface area contributed by atoms with E-state index < -0.39 is 77.6 Å². The minimum Gasteiger partial charge on any atom is -0.496 e. The molecule has 4 aliphatic heterocycles. The lowest BCUT2D eigenvalue weighted by atomic mass is 9.78. The zero-order chi connectivity index (χ0) is 58.4. The van der Waals surface area contributed by atoms with Crippen molar-refractivity contribution in [1.82, 2.24) is 19.8 Å². The predicted molar refractivity (Wildman–Crippen MR) is 298 cm³/mol. The van der Waals surface area contributed by atoms with Crippen LogP contribution in [0.2, 0.25) is 0 Å². The van der Waals surface area contributed by atoms with Crippen molar-refractivity contribution in [2.75, 3.05) is 50.2 Å². The van der Waals surface area contributed by atoms with Crippen molar-refractivity contribution in [3.63, 3.8) is 0 Å². The molecule has 2 aliphatic carbocycles. The highest BCUT2D eigenvalue weighted by atomic mass is 19.1. The van der Waals surface area contributed by atoms with Gasteiger partial charge in [-0.1, -0.05) is 12.1 Å². The van der Waals surface area contributed by atoms with Gasteiger partial charge in [0, 0.05) is 71.7 Å². The molecular formula is C63H64F4N6O10. The van der Waals surface area contributed by atoms with Gasteiger partial charge in [0.1, 0.15) is 58.6 Å². The number of rotatable bonds is 16. The van der Waals surface area contributed by atoms with Crippen LogP contribution in [-0.4, -0.2) is 107 Å². The molecule has 12 rings (SSSR count). The number of methoxy groups -OCH3 is 2. The zero-order valence-corrected chi connectivity index (χ0v) is 46.4. The van der Waals surface area contributed by atoms with Crippen LogP contribution in [0.3, 0.4) is 0 Å². The Bertz CT molecular complexity index is 3440. The fraction of sp³-hybridized carbons (Fsp3) is 0.397. The molecule has 6 heterocycles. The van der Waals surface area contributed by atoms with Gasteiger partial charge in [-0.15, -0.1) is 0 Å². The summed E-state index contributed by atoms with van der Waals surface area (Å²) in [6, 6.07) is 24.9. The minimum atomic E-state index is -0.847. The number of cyclic esters (lactones) is 2. The Balaban J connectivity index is 0.000000174. The summed E-state index contributed by atoms with van der Waals surface area (Å²) in [6.07, 6.45) is 2.74. The van der Waals surface area contributed by atoms with Crippen LogP contribution in [0.25, 0.3) is 22.3 Å². The molecule has 6 atom stereocenters. The van der Waals surface area contributed by atoms with Crippen molar-refractivity contribution in [1.29, 1.82) is 0 Å². The first-order valence-corrected chi connectivity index (χ1v) is 28.1. The summed E-state index contributed by atoms with van der Waals surface area (Å²) in [4.78, 5) is 66.5. The zero-order valence-electron chi connectivity index (χ0n) is 46.4. The van der Waals surface area contributed by atoms with Crippen LogP contribution in [0, 0.1) is 35.1 Å². The summed E-state index contributed by atoms with van der Waals surface area (Å²) < 4.78 is 78.5. The quantitative estimate of drug-likeness (QED) is 0.0872. The molecule has 2 amide bonds. The number of carbonyl (C=O) groups is 4. The molecule has 2 N–H and O–H groups in total. The van der Waals surface area contributed by atoms with Crippen LogP contribution >= 0.6 is 0 Å². The number of pyridine rings is 2. The molecule has 6 fully saturated rings. The molecule has 16 nitrogen and oxygen atoms in total. The first-order chi connectivity index (χ1) is 39.9. The minimum absolute atomic E-state index is 0.0695. The molecule has 4 aromatic carbocycles. The summed E-state index contributed by atoms with van der Waals surface area (Å²) in [5.74, 6) is -2.15. The number of carboxylic acid groups (broad SMARTS) is 2. The number of halogens is 4. The lowest BCUT2D eigenvalue weighted by Gasteiger charge is -2.33. The number of anilines is 2. The smallest absolute Gasteiger partial charge is 0.411 e. The lowest BCUT2D eigenvalue weighted by molar-refractivity contribution is -0.143. The van der Waals surface area contributed by atoms with Crippen LogP contribution in [0.1, 0.15) is 116 Å². The fourth-order valence-electron chi connectivity index (χ4n) is 12.1. The SMILES string of the molecule is COc1ccc(C2CCC(C(=O)O)CC2)cc1-c1ccc(N2CCC2)nc1CN1C(=O)O[C@H](c2cc(F)cc(F)c2)[C@@H]1C.COc1ccc([C@H]2C[C@@H]2C(=O)O)cc1-c1ccc(N2CCC2)nc1CN1C(=O)O[C@H](c2cc(F)cc(F)c2)[C@@H]1C. The Labute approximate surface area is 477 Å². The first-order valence-electron chi connectivity index (χ1n) is 28.1. The van der Waals surface area contributed by atoms with E-state index in [4.69, 9.17) is 28.9 Å². The summed E-state index contributed by atoms with van der Waals surface area (Å²) in [5.41, 5.74) is 6.93. The number of carbonyl (C=O) groups excluding carboxylic acids is 2. The molecule has 2 saturated carbocycles. The fourth-order valence-corrected chi connectivity index (χ4v) is 12.1. The van der Waals surface area contributed by atoms with E-state index in [2.05, 4.69) is 15.9 Å². The van der Waals surface area contributed by atoms with Crippen LogP contribution in [0.5, 0.6) is 11.5 Å². The van der Waals surface area contributed by atoms with E-state index in [0.717, 1.165) is 109 Å². The van der Waals surface area contributed by atoms with Crippen molar-refractivity contribution < 1.29 is 65.9 Å². The number of carboxylic acids is 2. The second-order valence-corrected chi connectivity index (χ2v) is 22.4. The number of amides is 2. The molecule has 6 aliphatic rings. The van der Waals surface area contributed by atoms with Gasteiger partial charge in [-0.05, 0) is 155 Å². The standard InChI is InChI=1S/C33H35F2N3O5.C30H29F2N3O5/c1-19-31(23-14-24(34)17-25(35)15-23)43-33(41)38(19)18-28-26(9-11-30(36-28)37-12-3-13-37)27-16-22(8-10-29(27)42-2)20-4-6-21(7-5-20)32(39)40;1-16-28(18-10-19(31)13-20(32)11-18)40-30(38)35(16)15-25-21(5-7-27(33-25)34-8-3-9-34)23-12-17(4-6-26(23)39-2)22-14-24(22)29(36)37/h8-11,14-17,19-21,31H,3-7,12-13,18H2,1-2H3,(H,39,40);4-7,10-13,16,22,24,28H,3,8-9,14-15H2,1-2H3,(H,36,37)/t19-,20?,21?,31-;16-,22+,24-,28-/m00/s1. The molecule has 83 heavy (non-hydrogen) atoms. The Morgan fingerprint density at radius 1 is 0.554 bits per heavy atom. The number of aliphatic carboxylic acids is 2. The summed E-state index contributed by atoms with van der Waals surface area (Å²) >= 11 is 0. The van der Waals surface area contributed by atoms with E-state index in [-0.39, 0.29) is 42.0 Å². The topological polar surface area (TPSA) is 184 Å². The third kappa shape index (κ3) is 11.7. The van der Waals surface area contributed by atoms with E-state index in [1.165, 1.54) is 29.2 Å². The highest BCUT2D eigenvalue weighted by Gasteiger charge is 2.45. The van der Waals surface area contributed by atoms with Gasteiger partial charge in [0.05, 0.1) is 62.6 Å². The Morgan fingerprint density at radius 2 is 0.988 bits per heavy atom. The maximum atomic E-state index is 14.0. The molecule has 0 spiro atoms. The number of nitrogens with zero attached hydrogens (tertiary/aromatic N) is 6. The molecule has 434 valence electrons. The molecule has 20 heteroatoms. The van der Waals surface area contributed by atoms with E-state index in [0.29, 0.717) is 42.1 Å². The van der Waals surface area contributed by atoms with Gasteiger partial charge < -0.3 is 39.0 Å². The molecule has 0 radical (unpaired) electrons. The lowest BCUT2D eigenvalue weighted by Crippen LogP contribution is -2.38. The summed E-state index contributed by atoms with van der Waals surface area (Å²) in [5, 5.41) is 18.9. The van der Waals surface area contributed by atoms with Gasteiger partial charge in [-0.3, -0.25) is 19.4 Å². The van der Waals surface area contributed by atoms with E-state index >= 15 is 0 Å². The second kappa shape index (κ2) is 23.4. The summed E-state index contributed by atoms with van der Waals surface area (Å²) in [7, 11) is 3.18. The van der Waals surface area contributed by atoms with Crippen LogP contribution < -0.4 is 19.3 Å². The maximum Gasteiger partial charge on any atom is 0.411 e. The molecule has 6 aromatic rings. The Kier molecular flexibility index (Phi) is 15.9. The molecule has 0 bridgehead atoms.